The van der Waals surface area contributed by atoms with Crippen molar-refractivity contribution in [1.82, 2.24) is 4.57 Å². The minimum Gasteiger partial charge on any atom is -0.456 e. The second-order valence-corrected chi connectivity index (χ2v) is 15.7. The Kier molecular flexibility index (Phi) is 8.17. The fourth-order valence-electron chi connectivity index (χ4n) is 9.42. The molecule has 0 saturated heterocycles. The van der Waals surface area contributed by atoms with Crippen molar-refractivity contribution in [1.29, 1.82) is 0 Å². The van der Waals surface area contributed by atoms with Crippen LogP contribution < -0.4 is 4.90 Å². The maximum atomic E-state index is 6.36. The van der Waals surface area contributed by atoms with E-state index >= 15 is 0 Å². The first-order valence-electron chi connectivity index (χ1n) is 20.8. The molecule has 0 spiro atoms. The van der Waals surface area contributed by atoms with Gasteiger partial charge in [-0.25, -0.2) is 0 Å². The van der Waals surface area contributed by atoms with E-state index < -0.39 is 0 Å². The SMILES string of the molecule is c1ccc(N(c2ccc(-c3ccc(-c4cccc5ccccc45)cc3)cc2)c2cccc(-c3cccc4c3c3ccccc3n4-c3cccc4oc5ccccc5c34)c2)cc1. The zero-order valence-electron chi connectivity index (χ0n) is 33.2. The van der Waals surface area contributed by atoms with Crippen molar-refractivity contribution < 1.29 is 4.42 Å². The summed E-state index contributed by atoms with van der Waals surface area (Å²) in [6.45, 7) is 0. The van der Waals surface area contributed by atoms with E-state index in [4.69, 9.17) is 4.42 Å². The molecule has 0 bridgehead atoms. The van der Waals surface area contributed by atoms with Crippen LogP contribution in [0.5, 0.6) is 0 Å². The molecule has 0 atom stereocenters. The number of rotatable bonds is 7. The predicted molar refractivity (Wildman–Crippen MR) is 257 cm³/mol. The number of aromatic nitrogens is 1. The van der Waals surface area contributed by atoms with Crippen molar-refractivity contribution in [2.75, 3.05) is 4.90 Å². The average molecular weight is 779 g/mol. The topological polar surface area (TPSA) is 21.3 Å². The fraction of sp³-hybridized carbons (Fsp3) is 0. The molecule has 3 nitrogen and oxygen atoms in total. The molecular weight excluding hydrogens is 741 g/mol. The van der Waals surface area contributed by atoms with E-state index in [2.05, 4.69) is 234 Å². The van der Waals surface area contributed by atoms with Crippen LogP contribution in [0, 0.1) is 0 Å². The summed E-state index contributed by atoms with van der Waals surface area (Å²) >= 11 is 0. The third-order valence-electron chi connectivity index (χ3n) is 12.2. The molecule has 0 N–H and O–H groups in total. The van der Waals surface area contributed by atoms with Crippen molar-refractivity contribution >= 4 is 71.6 Å². The average Bonchev–Trinajstić information content (AvgIpc) is 3.89. The van der Waals surface area contributed by atoms with Gasteiger partial charge in [-0.1, -0.05) is 164 Å². The van der Waals surface area contributed by atoms with Gasteiger partial charge in [0, 0.05) is 33.2 Å². The van der Waals surface area contributed by atoms with Crippen molar-refractivity contribution in [2.45, 2.75) is 0 Å². The van der Waals surface area contributed by atoms with Crippen molar-refractivity contribution in [3.63, 3.8) is 0 Å². The minimum atomic E-state index is 0.886. The number of hydrogen-bond acceptors (Lipinski definition) is 2. The highest BCUT2D eigenvalue weighted by Crippen LogP contribution is 2.44. The molecular formula is C58H38N2O. The molecule has 0 aliphatic carbocycles. The molecule has 61 heavy (non-hydrogen) atoms. The van der Waals surface area contributed by atoms with E-state index in [1.54, 1.807) is 0 Å². The lowest BCUT2D eigenvalue weighted by atomic mass is 9.96. The van der Waals surface area contributed by atoms with Gasteiger partial charge >= 0.3 is 0 Å². The molecule has 3 heteroatoms. The molecule has 12 aromatic rings. The highest BCUT2D eigenvalue weighted by atomic mass is 16.3. The number of benzene rings is 10. The van der Waals surface area contributed by atoms with E-state index in [0.717, 1.165) is 61.3 Å². The molecule has 12 rings (SSSR count). The van der Waals surface area contributed by atoms with Gasteiger partial charge in [-0.3, -0.25) is 0 Å². The fourth-order valence-corrected chi connectivity index (χ4v) is 9.42. The van der Waals surface area contributed by atoms with Gasteiger partial charge in [0.2, 0.25) is 0 Å². The van der Waals surface area contributed by atoms with Gasteiger partial charge in [-0.05, 0) is 111 Å². The van der Waals surface area contributed by atoms with Crippen LogP contribution in [0.2, 0.25) is 0 Å². The quantitative estimate of drug-likeness (QED) is 0.161. The molecule has 0 saturated carbocycles. The summed E-state index contributed by atoms with van der Waals surface area (Å²) in [6.07, 6.45) is 0. The Morgan fingerprint density at radius 2 is 0.902 bits per heavy atom. The summed E-state index contributed by atoms with van der Waals surface area (Å²) in [5.74, 6) is 0. The number of para-hydroxylation sites is 3. The van der Waals surface area contributed by atoms with E-state index in [1.807, 2.05) is 6.07 Å². The Morgan fingerprint density at radius 3 is 1.75 bits per heavy atom. The Bertz CT molecular complexity index is 3570. The Hall–Kier alpha value is -8.14. The third-order valence-corrected chi connectivity index (χ3v) is 12.2. The molecule has 0 fully saturated rings. The number of anilines is 3. The van der Waals surface area contributed by atoms with Crippen LogP contribution in [-0.4, -0.2) is 4.57 Å². The van der Waals surface area contributed by atoms with Gasteiger partial charge in [0.25, 0.3) is 0 Å². The summed E-state index contributed by atoms with van der Waals surface area (Å²) in [7, 11) is 0. The Balaban J connectivity index is 0.947. The van der Waals surface area contributed by atoms with Crippen LogP contribution in [0.1, 0.15) is 0 Å². The molecule has 0 amide bonds. The van der Waals surface area contributed by atoms with Gasteiger partial charge in [-0.15, -0.1) is 0 Å². The minimum absolute atomic E-state index is 0.886. The van der Waals surface area contributed by atoms with E-state index in [-0.39, 0.29) is 0 Å². The van der Waals surface area contributed by atoms with Crippen LogP contribution in [-0.2, 0) is 0 Å². The van der Waals surface area contributed by atoms with Gasteiger partial charge in [0.05, 0.1) is 22.1 Å². The monoisotopic (exact) mass is 778 g/mol. The molecule has 0 aliphatic heterocycles. The van der Waals surface area contributed by atoms with E-state index in [0.29, 0.717) is 0 Å². The standard InChI is InChI=1S/C58H38N2O/c1-2-17-44(18-3-1)59(45-36-34-40(35-37-45)39-30-32-42(33-31-39)48-23-11-15-41-14-4-5-20-47(41)48)46-19-10-16-43(38-46)49-24-12-26-53-57(49)50-21-6-8-25-52(50)60(53)54-27-13-29-56-58(54)51-22-7-9-28-55(51)61-56/h1-38H. The Morgan fingerprint density at radius 1 is 0.328 bits per heavy atom. The molecule has 0 aliphatic rings. The van der Waals surface area contributed by atoms with Crippen molar-refractivity contribution in [3.05, 3.63) is 231 Å². The lowest BCUT2D eigenvalue weighted by Gasteiger charge is -2.26. The van der Waals surface area contributed by atoms with Crippen LogP contribution >= 0.6 is 0 Å². The summed E-state index contributed by atoms with van der Waals surface area (Å²) < 4.78 is 8.77. The maximum Gasteiger partial charge on any atom is 0.137 e. The number of furan rings is 1. The number of hydrogen-bond donors (Lipinski definition) is 0. The van der Waals surface area contributed by atoms with E-state index in [1.165, 1.54) is 49.4 Å². The molecule has 10 aromatic carbocycles. The summed E-state index contributed by atoms with van der Waals surface area (Å²) in [5.41, 5.74) is 15.7. The van der Waals surface area contributed by atoms with Gasteiger partial charge in [0.1, 0.15) is 11.2 Å². The normalized spacial score (nSPS) is 11.6. The van der Waals surface area contributed by atoms with Crippen molar-refractivity contribution in [3.8, 4) is 39.1 Å². The van der Waals surface area contributed by atoms with Crippen LogP contribution in [0.4, 0.5) is 17.1 Å². The maximum absolute atomic E-state index is 6.36. The first kappa shape index (κ1) is 34.9. The zero-order chi connectivity index (χ0) is 40.3. The largest absolute Gasteiger partial charge is 0.456 e. The first-order chi connectivity index (χ1) is 30.3. The smallest absolute Gasteiger partial charge is 0.137 e. The van der Waals surface area contributed by atoms with Gasteiger partial charge in [0.15, 0.2) is 0 Å². The third kappa shape index (κ3) is 5.82. The highest BCUT2D eigenvalue weighted by Gasteiger charge is 2.21. The van der Waals surface area contributed by atoms with Gasteiger partial charge in [-0.2, -0.15) is 0 Å². The zero-order valence-corrected chi connectivity index (χ0v) is 33.2. The number of fused-ring (bicyclic) bond motifs is 7. The van der Waals surface area contributed by atoms with Gasteiger partial charge < -0.3 is 13.9 Å². The molecule has 0 unspecified atom stereocenters. The first-order valence-corrected chi connectivity index (χ1v) is 20.8. The molecule has 0 radical (unpaired) electrons. The van der Waals surface area contributed by atoms with Crippen LogP contribution in [0.3, 0.4) is 0 Å². The lowest BCUT2D eigenvalue weighted by molar-refractivity contribution is 0.669. The highest BCUT2D eigenvalue weighted by molar-refractivity contribution is 6.18. The summed E-state index contributed by atoms with van der Waals surface area (Å²) in [6, 6.07) is 82.8. The summed E-state index contributed by atoms with van der Waals surface area (Å²) in [4.78, 5) is 2.35. The van der Waals surface area contributed by atoms with Crippen LogP contribution in [0.15, 0.2) is 235 Å². The lowest BCUT2D eigenvalue weighted by Crippen LogP contribution is -2.09. The molecule has 286 valence electrons. The number of nitrogens with zero attached hydrogens (tertiary/aromatic N) is 2. The molecule has 2 heterocycles. The second kappa shape index (κ2) is 14.3. The predicted octanol–water partition coefficient (Wildman–Crippen LogP) is 16.3. The molecule has 2 aromatic heterocycles. The van der Waals surface area contributed by atoms with Crippen LogP contribution in [0.25, 0.3) is 93.6 Å². The summed E-state index contributed by atoms with van der Waals surface area (Å²) in [5, 5.41) is 7.20. The Labute approximate surface area is 353 Å². The second-order valence-electron chi connectivity index (χ2n) is 15.7. The van der Waals surface area contributed by atoms with E-state index in [9.17, 15) is 0 Å². The van der Waals surface area contributed by atoms with Crippen molar-refractivity contribution in [2.24, 2.45) is 0 Å².